The number of urea groups is 1. The van der Waals surface area contributed by atoms with Gasteiger partial charge in [0, 0.05) is 107 Å². The Hall–Kier alpha value is -5.83. The van der Waals surface area contributed by atoms with Gasteiger partial charge < -0.3 is 34.8 Å². The molecule has 15 nitrogen and oxygen atoms in total. The SMILES string of the molecule is COc1cc(N2CCC(CN3CCN(c4ccc(N5CCC(=O)NC5=O)c(C)c4)CC3)CC2)ccc1Nc1ncc2c(n1)CN(c1cnc3c(c1C)NCCO3)CC2. The lowest BCUT2D eigenvalue weighted by Crippen LogP contribution is -2.50. The minimum absolute atomic E-state index is 0.213. The number of carbonyl (C=O) groups excluding carboxylic acids is 2. The molecule has 15 heteroatoms. The van der Waals surface area contributed by atoms with Gasteiger partial charge in [-0.25, -0.2) is 19.7 Å². The summed E-state index contributed by atoms with van der Waals surface area (Å²) in [6.45, 7) is 14.7. The highest BCUT2D eigenvalue weighted by Gasteiger charge is 2.28. The summed E-state index contributed by atoms with van der Waals surface area (Å²) in [5.74, 6) is 2.46. The molecule has 0 bridgehead atoms. The van der Waals surface area contributed by atoms with Crippen molar-refractivity contribution in [3.05, 3.63) is 71.2 Å². The quantitative estimate of drug-likeness (QED) is 0.208. The van der Waals surface area contributed by atoms with E-state index in [0.717, 1.165) is 123 Å². The number of hydrogen-bond donors (Lipinski definition) is 3. The Morgan fingerprint density at radius 1 is 0.862 bits per heavy atom. The Morgan fingerprint density at radius 3 is 2.45 bits per heavy atom. The highest BCUT2D eigenvalue weighted by molar-refractivity contribution is 6.06. The molecule has 0 saturated carbocycles. The molecule has 3 fully saturated rings. The van der Waals surface area contributed by atoms with Crippen LogP contribution in [0.25, 0.3) is 0 Å². The largest absolute Gasteiger partial charge is 0.494 e. The minimum Gasteiger partial charge on any atom is -0.494 e. The molecule has 4 aromatic rings. The van der Waals surface area contributed by atoms with Crippen molar-refractivity contribution in [3.8, 4) is 11.6 Å². The number of hydrogen-bond acceptors (Lipinski definition) is 13. The molecule has 0 unspecified atom stereocenters. The fourth-order valence-electron chi connectivity index (χ4n) is 9.06. The molecule has 2 aromatic heterocycles. The summed E-state index contributed by atoms with van der Waals surface area (Å²) in [5, 5.41) is 9.32. The number of fused-ring (bicyclic) bond motifs is 2. The summed E-state index contributed by atoms with van der Waals surface area (Å²) in [4.78, 5) is 49.8. The number of nitrogens with one attached hydrogen (secondary N) is 3. The highest BCUT2D eigenvalue weighted by Crippen LogP contribution is 2.37. The number of amides is 3. The fourth-order valence-corrected chi connectivity index (χ4v) is 9.06. The average molecular weight is 788 g/mol. The van der Waals surface area contributed by atoms with Gasteiger partial charge in [-0.3, -0.25) is 19.9 Å². The second-order valence-electron chi connectivity index (χ2n) is 16.0. The van der Waals surface area contributed by atoms with E-state index >= 15 is 0 Å². The lowest BCUT2D eigenvalue weighted by molar-refractivity contribution is -0.120. The zero-order chi connectivity index (χ0) is 39.8. The number of piperazine rings is 1. The topological polar surface area (TPSA) is 144 Å². The van der Waals surface area contributed by atoms with Crippen LogP contribution in [-0.2, 0) is 17.8 Å². The zero-order valence-corrected chi connectivity index (χ0v) is 33.7. The predicted octanol–water partition coefficient (Wildman–Crippen LogP) is 5.09. The van der Waals surface area contributed by atoms with Crippen LogP contribution in [0.3, 0.4) is 0 Å². The van der Waals surface area contributed by atoms with Gasteiger partial charge in [-0.2, -0.15) is 0 Å². The Kier molecular flexibility index (Phi) is 10.5. The molecule has 304 valence electrons. The Labute approximate surface area is 339 Å². The third-order valence-electron chi connectivity index (χ3n) is 12.4. The monoisotopic (exact) mass is 787 g/mol. The van der Waals surface area contributed by atoms with Crippen molar-refractivity contribution in [1.29, 1.82) is 0 Å². The number of imide groups is 1. The number of aromatic nitrogens is 3. The molecule has 0 aliphatic carbocycles. The van der Waals surface area contributed by atoms with Crippen molar-refractivity contribution < 1.29 is 19.1 Å². The van der Waals surface area contributed by atoms with Crippen molar-refractivity contribution in [2.45, 2.75) is 46.1 Å². The Balaban J connectivity index is 0.764. The zero-order valence-electron chi connectivity index (χ0n) is 33.7. The standard InChI is InChI=1S/C43H53N11O4/c1-28-22-32(5-7-36(28)54-16-11-39(55)49-43(54)56)52-19-17-50(18-20-52)26-30-8-13-51(14-9-30)33-4-6-34(38(23-33)57-3)47-42-46-24-31-10-15-53(27-35(31)48-42)37-25-45-41-40(29(37)2)44-12-21-58-41/h4-7,22-25,30,44H,8-21,26-27H2,1-3H3,(H,46,47,48)(H,49,55,56). The molecule has 2 aromatic carbocycles. The molecule has 58 heavy (non-hydrogen) atoms. The van der Waals surface area contributed by atoms with Gasteiger partial charge in [0.25, 0.3) is 0 Å². The highest BCUT2D eigenvalue weighted by atomic mass is 16.5. The van der Waals surface area contributed by atoms with Crippen LogP contribution < -0.4 is 45.0 Å². The third kappa shape index (κ3) is 7.74. The number of piperidine rings is 1. The first kappa shape index (κ1) is 37.7. The molecule has 7 heterocycles. The number of anilines is 7. The number of carbonyl (C=O) groups is 2. The van der Waals surface area contributed by atoms with Gasteiger partial charge in [0.2, 0.25) is 17.7 Å². The van der Waals surface area contributed by atoms with E-state index in [1.807, 2.05) is 25.4 Å². The van der Waals surface area contributed by atoms with Crippen LogP contribution in [0.5, 0.6) is 11.6 Å². The van der Waals surface area contributed by atoms with Gasteiger partial charge in [0.05, 0.1) is 36.9 Å². The third-order valence-corrected chi connectivity index (χ3v) is 12.4. The first-order valence-corrected chi connectivity index (χ1v) is 20.6. The molecule has 0 spiro atoms. The maximum atomic E-state index is 12.4. The van der Waals surface area contributed by atoms with Crippen LogP contribution >= 0.6 is 0 Å². The Bertz CT molecular complexity index is 2180. The van der Waals surface area contributed by atoms with Gasteiger partial charge in [-0.15, -0.1) is 0 Å². The summed E-state index contributed by atoms with van der Waals surface area (Å²) >= 11 is 0. The number of aryl methyl sites for hydroxylation is 1. The van der Waals surface area contributed by atoms with Crippen molar-refractivity contribution in [1.82, 2.24) is 25.2 Å². The minimum atomic E-state index is -0.341. The maximum Gasteiger partial charge on any atom is 0.328 e. The summed E-state index contributed by atoms with van der Waals surface area (Å²) < 4.78 is 11.6. The summed E-state index contributed by atoms with van der Waals surface area (Å²) in [5.41, 5.74) is 10.5. The number of ether oxygens (including phenoxy) is 2. The molecular weight excluding hydrogens is 735 g/mol. The van der Waals surface area contributed by atoms with E-state index in [4.69, 9.17) is 14.5 Å². The molecule has 9 rings (SSSR count). The Morgan fingerprint density at radius 2 is 1.66 bits per heavy atom. The summed E-state index contributed by atoms with van der Waals surface area (Å²) in [6.07, 6.45) is 7.37. The second-order valence-corrected chi connectivity index (χ2v) is 16.0. The van der Waals surface area contributed by atoms with Crippen molar-refractivity contribution in [2.24, 2.45) is 5.92 Å². The lowest BCUT2D eigenvalue weighted by atomic mass is 9.95. The van der Waals surface area contributed by atoms with E-state index in [-0.39, 0.29) is 11.9 Å². The van der Waals surface area contributed by atoms with Gasteiger partial charge in [-0.05, 0) is 80.5 Å². The molecule has 0 radical (unpaired) electrons. The molecule has 3 N–H and O–H groups in total. The van der Waals surface area contributed by atoms with Crippen molar-refractivity contribution >= 4 is 52.0 Å². The normalized spacial score (nSPS) is 18.9. The van der Waals surface area contributed by atoms with Crippen LogP contribution in [0, 0.1) is 19.8 Å². The molecule has 0 atom stereocenters. The van der Waals surface area contributed by atoms with Crippen molar-refractivity contribution in [3.63, 3.8) is 0 Å². The molecule has 3 saturated heterocycles. The van der Waals surface area contributed by atoms with Gasteiger partial charge in [-0.1, -0.05) is 0 Å². The lowest BCUT2D eigenvalue weighted by Gasteiger charge is -2.40. The number of pyridine rings is 1. The predicted molar refractivity (Wildman–Crippen MR) is 226 cm³/mol. The molecule has 3 amide bonds. The first-order chi connectivity index (χ1) is 28.3. The van der Waals surface area contributed by atoms with Crippen LogP contribution in [0.2, 0.25) is 0 Å². The first-order valence-electron chi connectivity index (χ1n) is 20.6. The maximum absolute atomic E-state index is 12.4. The van der Waals surface area contributed by atoms with Crippen LogP contribution in [0.4, 0.5) is 44.9 Å². The van der Waals surface area contributed by atoms with Crippen LogP contribution in [0.15, 0.2) is 48.8 Å². The van der Waals surface area contributed by atoms with E-state index in [1.54, 1.807) is 12.0 Å². The fraction of sp³-hybridized carbons (Fsp3) is 0.465. The van der Waals surface area contributed by atoms with Gasteiger partial charge >= 0.3 is 6.03 Å². The number of benzene rings is 2. The number of rotatable bonds is 9. The number of nitrogens with zero attached hydrogens (tertiary/aromatic N) is 8. The van der Waals surface area contributed by atoms with Crippen LogP contribution in [0.1, 0.15) is 41.6 Å². The van der Waals surface area contributed by atoms with Gasteiger partial charge in [0.15, 0.2) is 0 Å². The average Bonchev–Trinajstić information content (AvgIpc) is 3.24. The smallest absolute Gasteiger partial charge is 0.328 e. The van der Waals surface area contributed by atoms with E-state index < -0.39 is 0 Å². The van der Waals surface area contributed by atoms with E-state index in [2.05, 4.69) is 82.8 Å². The molecule has 5 aliphatic heterocycles. The van der Waals surface area contributed by atoms with E-state index in [0.29, 0.717) is 43.9 Å². The second kappa shape index (κ2) is 16.2. The van der Waals surface area contributed by atoms with E-state index in [9.17, 15) is 9.59 Å². The molecular formula is C43H53N11O4. The summed E-state index contributed by atoms with van der Waals surface area (Å²) in [6, 6.07) is 12.3. The number of methoxy groups -OCH3 is 1. The summed E-state index contributed by atoms with van der Waals surface area (Å²) in [7, 11) is 1.71. The van der Waals surface area contributed by atoms with Crippen LogP contribution in [-0.4, -0.2) is 111 Å². The van der Waals surface area contributed by atoms with E-state index in [1.165, 1.54) is 16.9 Å². The van der Waals surface area contributed by atoms with Gasteiger partial charge in [0.1, 0.15) is 18.0 Å². The molecule has 5 aliphatic rings. The van der Waals surface area contributed by atoms with Crippen molar-refractivity contribution in [2.75, 3.05) is 109 Å².